The van der Waals surface area contributed by atoms with Crippen LogP contribution in [0.25, 0.3) is 0 Å². The minimum Gasteiger partial charge on any atom is -0.479 e. The van der Waals surface area contributed by atoms with Gasteiger partial charge >= 0.3 is 5.97 Å². The molecular weight excluding hydrogens is 136 g/mol. The Balaban J connectivity index is 2.75. The minimum absolute atomic E-state index is 0.156. The highest BCUT2D eigenvalue weighted by Crippen LogP contribution is 2.29. The van der Waals surface area contributed by atoms with Crippen molar-refractivity contribution >= 4 is 5.97 Å². The van der Waals surface area contributed by atoms with Crippen LogP contribution in [-0.2, 0) is 4.79 Å². The Morgan fingerprint density at radius 2 is 2.20 bits per heavy atom. The van der Waals surface area contributed by atoms with Crippen LogP contribution in [0.15, 0.2) is 0 Å². The van der Waals surface area contributed by atoms with E-state index in [1.807, 2.05) is 0 Å². The van der Waals surface area contributed by atoms with Crippen LogP contribution >= 0.6 is 0 Å². The van der Waals surface area contributed by atoms with Crippen molar-refractivity contribution in [3.63, 3.8) is 0 Å². The van der Waals surface area contributed by atoms with E-state index in [2.05, 4.69) is 0 Å². The third-order valence-corrected chi connectivity index (χ3v) is 1.96. The number of carboxylic acids is 1. The van der Waals surface area contributed by atoms with Gasteiger partial charge in [-0.05, 0) is 19.3 Å². The average Bonchev–Trinajstić information content (AvgIpc) is 2.15. The zero-order valence-corrected chi connectivity index (χ0v) is 5.45. The smallest absolute Gasteiger partial charge is 0.338 e. The second kappa shape index (κ2) is 2.21. The highest BCUT2D eigenvalue weighted by atomic mass is 16.4. The maximum absolute atomic E-state index is 10.3. The molecule has 0 aromatic heterocycles. The van der Waals surface area contributed by atoms with Crippen molar-refractivity contribution in [1.29, 1.82) is 0 Å². The van der Waals surface area contributed by atoms with Gasteiger partial charge < -0.3 is 15.3 Å². The lowest BCUT2D eigenvalue weighted by Gasteiger charge is -2.20. The van der Waals surface area contributed by atoms with Crippen LogP contribution in [0, 0.1) is 0 Å². The highest BCUT2D eigenvalue weighted by Gasteiger charge is 2.46. The van der Waals surface area contributed by atoms with E-state index in [1.54, 1.807) is 0 Å². The van der Waals surface area contributed by atoms with Crippen molar-refractivity contribution in [1.82, 2.24) is 0 Å². The first-order chi connectivity index (χ1) is 4.57. The summed E-state index contributed by atoms with van der Waals surface area (Å²) in [4.78, 5) is 10.3. The molecule has 0 radical (unpaired) electrons. The van der Waals surface area contributed by atoms with Crippen molar-refractivity contribution in [2.75, 3.05) is 0 Å². The number of hydrogen-bond donors (Lipinski definition) is 3. The summed E-state index contributed by atoms with van der Waals surface area (Å²) < 4.78 is 0. The van der Waals surface area contributed by atoms with Crippen LogP contribution in [0.5, 0.6) is 0 Å². The Kier molecular flexibility index (Phi) is 1.66. The predicted octanol–water partition coefficient (Wildman–Crippen LogP) is -0.653. The van der Waals surface area contributed by atoms with Crippen molar-refractivity contribution in [3.05, 3.63) is 0 Å². The van der Waals surface area contributed by atoms with Crippen molar-refractivity contribution < 1.29 is 20.1 Å². The normalized spacial score (nSPS) is 40.0. The van der Waals surface area contributed by atoms with Crippen LogP contribution in [-0.4, -0.2) is 33.0 Å². The zero-order valence-electron chi connectivity index (χ0n) is 5.45. The molecule has 0 bridgehead atoms. The number of carboxylic acid groups (broad SMARTS) is 1. The van der Waals surface area contributed by atoms with Gasteiger partial charge in [-0.1, -0.05) is 0 Å². The average molecular weight is 146 g/mol. The summed E-state index contributed by atoms with van der Waals surface area (Å²) in [5, 5.41) is 26.6. The molecule has 1 rings (SSSR count). The Morgan fingerprint density at radius 1 is 1.60 bits per heavy atom. The van der Waals surface area contributed by atoms with Gasteiger partial charge in [0.2, 0.25) is 0 Å². The lowest BCUT2D eigenvalue weighted by atomic mass is 10.0. The maximum Gasteiger partial charge on any atom is 0.338 e. The summed E-state index contributed by atoms with van der Waals surface area (Å²) in [6.07, 6.45) is 0.0148. The number of aliphatic hydroxyl groups is 2. The van der Waals surface area contributed by atoms with Crippen LogP contribution in [0.2, 0.25) is 0 Å². The molecule has 2 atom stereocenters. The molecule has 0 amide bonds. The van der Waals surface area contributed by atoms with Crippen LogP contribution < -0.4 is 0 Å². The Morgan fingerprint density at radius 3 is 2.40 bits per heavy atom. The number of hydrogen-bond acceptors (Lipinski definition) is 3. The fourth-order valence-corrected chi connectivity index (χ4v) is 1.22. The molecule has 0 spiro atoms. The van der Waals surface area contributed by atoms with E-state index in [0.29, 0.717) is 12.8 Å². The molecule has 2 unspecified atom stereocenters. The van der Waals surface area contributed by atoms with E-state index in [1.165, 1.54) is 0 Å². The highest BCUT2D eigenvalue weighted by molar-refractivity contribution is 5.78. The van der Waals surface area contributed by atoms with Crippen molar-refractivity contribution in [2.24, 2.45) is 0 Å². The fraction of sp³-hybridized carbons (Fsp3) is 0.833. The van der Waals surface area contributed by atoms with Gasteiger partial charge in [-0.3, -0.25) is 0 Å². The quantitative estimate of drug-likeness (QED) is 0.459. The van der Waals surface area contributed by atoms with Gasteiger partial charge in [0.15, 0.2) is 5.60 Å². The molecule has 1 aliphatic rings. The summed E-state index contributed by atoms with van der Waals surface area (Å²) >= 11 is 0. The van der Waals surface area contributed by atoms with Crippen LogP contribution in [0.1, 0.15) is 19.3 Å². The number of rotatable bonds is 1. The van der Waals surface area contributed by atoms with Crippen LogP contribution in [0.4, 0.5) is 0 Å². The summed E-state index contributed by atoms with van der Waals surface area (Å²) in [6.45, 7) is 0. The van der Waals surface area contributed by atoms with E-state index in [4.69, 9.17) is 10.2 Å². The van der Waals surface area contributed by atoms with E-state index in [-0.39, 0.29) is 6.42 Å². The largest absolute Gasteiger partial charge is 0.479 e. The zero-order chi connectivity index (χ0) is 7.78. The third-order valence-electron chi connectivity index (χ3n) is 1.96. The molecule has 1 aliphatic carbocycles. The van der Waals surface area contributed by atoms with Gasteiger partial charge in [0.25, 0.3) is 0 Å². The lowest BCUT2D eigenvalue weighted by Crippen LogP contribution is -2.45. The number of aliphatic carboxylic acids is 1. The van der Waals surface area contributed by atoms with E-state index in [0.717, 1.165) is 0 Å². The van der Waals surface area contributed by atoms with Gasteiger partial charge in [-0.15, -0.1) is 0 Å². The molecule has 10 heavy (non-hydrogen) atoms. The van der Waals surface area contributed by atoms with E-state index < -0.39 is 17.7 Å². The molecule has 0 aromatic carbocycles. The van der Waals surface area contributed by atoms with Gasteiger partial charge in [-0.2, -0.15) is 0 Å². The molecule has 0 aromatic rings. The second-order valence-electron chi connectivity index (χ2n) is 2.64. The molecule has 1 saturated carbocycles. The van der Waals surface area contributed by atoms with Gasteiger partial charge in [0.05, 0.1) is 6.10 Å². The first kappa shape index (κ1) is 7.50. The molecule has 3 N–H and O–H groups in total. The van der Waals surface area contributed by atoms with Gasteiger partial charge in [-0.25, -0.2) is 4.79 Å². The minimum atomic E-state index is -1.88. The monoisotopic (exact) mass is 146 g/mol. The van der Waals surface area contributed by atoms with Gasteiger partial charge in [0.1, 0.15) is 0 Å². The summed E-state index contributed by atoms with van der Waals surface area (Å²) in [6, 6.07) is 0. The first-order valence-corrected chi connectivity index (χ1v) is 3.21. The predicted molar refractivity (Wildman–Crippen MR) is 32.4 cm³/mol. The third kappa shape index (κ3) is 0.892. The molecule has 4 nitrogen and oxygen atoms in total. The van der Waals surface area contributed by atoms with Crippen molar-refractivity contribution in [3.8, 4) is 0 Å². The Hall–Kier alpha value is -0.610. The van der Waals surface area contributed by atoms with E-state index in [9.17, 15) is 9.90 Å². The SMILES string of the molecule is O=C(O)C1(O)CCCC1O. The van der Waals surface area contributed by atoms with Gasteiger partial charge in [0, 0.05) is 0 Å². The maximum atomic E-state index is 10.3. The lowest BCUT2D eigenvalue weighted by molar-refractivity contribution is -0.167. The van der Waals surface area contributed by atoms with Crippen LogP contribution in [0.3, 0.4) is 0 Å². The Labute approximate surface area is 58.1 Å². The fourth-order valence-electron chi connectivity index (χ4n) is 1.22. The molecule has 0 heterocycles. The molecule has 0 aliphatic heterocycles. The van der Waals surface area contributed by atoms with E-state index >= 15 is 0 Å². The second-order valence-corrected chi connectivity index (χ2v) is 2.64. The summed E-state index contributed by atoms with van der Waals surface area (Å²) in [5.41, 5.74) is -1.88. The molecular formula is C6H10O4. The number of aliphatic hydroxyl groups excluding tert-OH is 1. The molecule has 58 valence electrons. The molecule has 4 heteroatoms. The Bertz CT molecular complexity index is 156. The molecule has 1 fully saturated rings. The number of carbonyl (C=O) groups is 1. The topological polar surface area (TPSA) is 77.8 Å². The summed E-state index contributed by atoms with van der Waals surface area (Å²) in [5.74, 6) is -1.32. The summed E-state index contributed by atoms with van der Waals surface area (Å²) in [7, 11) is 0. The standard InChI is InChI=1S/C6H10O4/c7-4-2-1-3-6(4,10)5(8)9/h4,7,10H,1-3H2,(H,8,9). The van der Waals surface area contributed by atoms with Crippen molar-refractivity contribution in [2.45, 2.75) is 31.0 Å². The first-order valence-electron chi connectivity index (χ1n) is 3.21. The molecule has 0 saturated heterocycles.